The van der Waals surface area contributed by atoms with E-state index in [9.17, 15) is 9.18 Å². The van der Waals surface area contributed by atoms with Gasteiger partial charge in [-0.25, -0.2) is 9.37 Å². The molecule has 1 saturated carbocycles. The van der Waals surface area contributed by atoms with Crippen LogP contribution in [0.1, 0.15) is 55.0 Å². The minimum atomic E-state index is -0.287. The molecule has 184 valence electrons. The molecular formula is C28H24Br2FN3O2. The molecule has 1 fully saturated rings. The molecule has 0 N–H and O–H groups in total. The zero-order valence-electron chi connectivity index (χ0n) is 19.5. The molecule has 8 heteroatoms. The number of aromatic nitrogens is 2. The normalized spacial score (nSPS) is 14.5. The standard InChI is InChI=1S/C28H24Br2FN3O2/c29-21-9-13-26(36-17-18-6-10-23(31)11-7-18)20(14-21)16-32-34-27(19-4-2-1-3-5-19)33-25-12-8-22(30)15-24(25)28(34)35/h6-16,19H,1-5,17H2. The van der Waals surface area contributed by atoms with Crippen molar-refractivity contribution in [1.29, 1.82) is 0 Å². The number of fused-ring (bicyclic) bond motifs is 1. The average molecular weight is 613 g/mol. The van der Waals surface area contributed by atoms with E-state index >= 15 is 0 Å². The van der Waals surface area contributed by atoms with Gasteiger partial charge in [0, 0.05) is 20.4 Å². The van der Waals surface area contributed by atoms with Crippen LogP contribution >= 0.6 is 31.9 Å². The van der Waals surface area contributed by atoms with Gasteiger partial charge in [-0.2, -0.15) is 9.78 Å². The number of benzene rings is 3. The van der Waals surface area contributed by atoms with Crippen molar-refractivity contribution in [2.75, 3.05) is 0 Å². The summed E-state index contributed by atoms with van der Waals surface area (Å²) >= 11 is 6.98. The smallest absolute Gasteiger partial charge is 0.282 e. The van der Waals surface area contributed by atoms with Crippen LogP contribution in [0.3, 0.4) is 0 Å². The van der Waals surface area contributed by atoms with E-state index in [4.69, 9.17) is 9.72 Å². The molecule has 0 bridgehead atoms. The number of nitrogens with zero attached hydrogens (tertiary/aromatic N) is 3. The predicted octanol–water partition coefficient (Wildman–Crippen LogP) is 7.57. The molecule has 1 heterocycles. The summed E-state index contributed by atoms with van der Waals surface area (Å²) in [7, 11) is 0. The van der Waals surface area contributed by atoms with Gasteiger partial charge in [-0.3, -0.25) is 4.79 Å². The molecule has 0 aliphatic heterocycles. The van der Waals surface area contributed by atoms with Crippen LogP contribution in [0, 0.1) is 5.82 Å². The van der Waals surface area contributed by atoms with Gasteiger partial charge in [0.1, 0.15) is 24.0 Å². The summed E-state index contributed by atoms with van der Waals surface area (Å²) in [5, 5.41) is 5.17. The monoisotopic (exact) mass is 611 g/mol. The van der Waals surface area contributed by atoms with Crippen LogP contribution in [0.15, 0.2) is 79.5 Å². The Hall–Kier alpha value is -2.84. The van der Waals surface area contributed by atoms with Gasteiger partial charge in [0.2, 0.25) is 0 Å². The number of ether oxygens (including phenoxy) is 1. The molecule has 0 unspecified atom stereocenters. The third-order valence-electron chi connectivity index (χ3n) is 6.40. The Labute approximate surface area is 225 Å². The summed E-state index contributed by atoms with van der Waals surface area (Å²) in [5.74, 6) is 1.21. The Morgan fingerprint density at radius 1 is 1.00 bits per heavy atom. The van der Waals surface area contributed by atoms with Crippen LogP contribution in [-0.2, 0) is 6.61 Å². The van der Waals surface area contributed by atoms with Gasteiger partial charge in [0.25, 0.3) is 5.56 Å². The molecule has 0 amide bonds. The Morgan fingerprint density at radius 2 is 1.72 bits per heavy atom. The van der Waals surface area contributed by atoms with Gasteiger partial charge in [0.15, 0.2) is 0 Å². The largest absolute Gasteiger partial charge is 0.488 e. The maximum atomic E-state index is 13.6. The van der Waals surface area contributed by atoms with Crippen molar-refractivity contribution < 1.29 is 9.13 Å². The van der Waals surface area contributed by atoms with Gasteiger partial charge in [-0.05, 0) is 66.9 Å². The minimum absolute atomic E-state index is 0.188. The maximum absolute atomic E-state index is 13.6. The second-order valence-corrected chi connectivity index (χ2v) is 10.8. The van der Waals surface area contributed by atoms with Crippen LogP contribution in [0.4, 0.5) is 4.39 Å². The second kappa shape index (κ2) is 11.0. The number of hydrogen-bond donors (Lipinski definition) is 0. The third kappa shape index (κ3) is 5.60. The van der Waals surface area contributed by atoms with Crippen LogP contribution in [0.2, 0.25) is 0 Å². The molecule has 3 aromatic carbocycles. The molecule has 1 aromatic heterocycles. The molecule has 36 heavy (non-hydrogen) atoms. The van der Waals surface area contributed by atoms with E-state index in [1.165, 1.54) is 23.2 Å². The van der Waals surface area contributed by atoms with Crippen molar-refractivity contribution in [3.8, 4) is 5.75 Å². The van der Waals surface area contributed by atoms with Gasteiger partial charge < -0.3 is 4.74 Å². The number of rotatable bonds is 6. The second-order valence-electron chi connectivity index (χ2n) is 8.93. The fourth-order valence-electron chi connectivity index (χ4n) is 4.52. The van der Waals surface area contributed by atoms with Gasteiger partial charge >= 0.3 is 0 Å². The number of halogens is 3. The maximum Gasteiger partial charge on any atom is 0.282 e. The highest BCUT2D eigenvalue weighted by atomic mass is 79.9. The highest BCUT2D eigenvalue weighted by molar-refractivity contribution is 9.10. The van der Waals surface area contributed by atoms with Gasteiger partial charge in [-0.1, -0.05) is 63.3 Å². The summed E-state index contributed by atoms with van der Waals surface area (Å²) in [4.78, 5) is 18.5. The van der Waals surface area contributed by atoms with Crippen molar-refractivity contribution in [2.24, 2.45) is 5.10 Å². The molecule has 0 saturated heterocycles. The first-order valence-electron chi connectivity index (χ1n) is 11.9. The molecule has 1 aliphatic rings. The van der Waals surface area contributed by atoms with Crippen molar-refractivity contribution in [2.45, 2.75) is 44.6 Å². The average Bonchev–Trinajstić information content (AvgIpc) is 2.89. The quantitative estimate of drug-likeness (QED) is 0.211. The third-order valence-corrected chi connectivity index (χ3v) is 7.38. The summed E-state index contributed by atoms with van der Waals surface area (Å²) in [6, 6.07) is 17.4. The van der Waals surface area contributed by atoms with Crippen LogP contribution in [0.25, 0.3) is 10.9 Å². The SMILES string of the molecule is O=c1c2cc(Br)ccc2nc(C2CCCCC2)n1N=Cc1cc(Br)ccc1OCc1ccc(F)cc1. The molecule has 0 atom stereocenters. The molecule has 0 radical (unpaired) electrons. The number of hydrogen-bond acceptors (Lipinski definition) is 4. The zero-order chi connectivity index (χ0) is 25.1. The van der Waals surface area contributed by atoms with Gasteiger partial charge in [0.05, 0.1) is 17.1 Å². The lowest BCUT2D eigenvalue weighted by Crippen LogP contribution is -2.25. The van der Waals surface area contributed by atoms with E-state index in [0.29, 0.717) is 28.0 Å². The summed E-state index contributed by atoms with van der Waals surface area (Å²) in [6.45, 7) is 0.279. The Kier molecular flexibility index (Phi) is 7.62. The molecular weight excluding hydrogens is 589 g/mol. The van der Waals surface area contributed by atoms with Crippen LogP contribution in [-0.4, -0.2) is 15.9 Å². The first-order valence-corrected chi connectivity index (χ1v) is 13.5. The summed E-state index contributed by atoms with van der Waals surface area (Å²) in [5.41, 5.74) is 2.05. The van der Waals surface area contributed by atoms with E-state index in [0.717, 1.165) is 40.2 Å². The fraction of sp³-hybridized carbons (Fsp3) is 0.250. The lowest BCUT2D eigenvalue weighted by atomic mass is 9.88. The molecule has 4 aromatic rings. The molecule has 1 aliphatic carbocycles. The lowest BCUT2D eigenvalue weighted by molar-refractivity contribution is 0.305. The molecule has 5 rings (SSSR count). The topological polar surface area (TPSA) is 56.5 Å². The lowest BCUT2D eigenvalue weighted by Gasteiger charge is -2.22. The zero-order valence-corrected chi connectivity index (χ0v) is 22.6. The van der Waals surface area contributed by atoms with E-state index in [-0.39, 0.29) is 23.9 Å². The van der Waals surface area contributed by atoms with E-state index in [1.807, 2.05) is 30.3 Å². The highest BCUT2D eigenvalue weighted by Crippen LogP contribution is 2.32. The Bertz CT molecular complexity index is 1480. The minimum Gasteiger partial charge on any atom is -0.488 e. The van der Waals surface area contributed by atoms with Crippen molar-refractivity contribution >= 4 is 49.0 Å². The fourth-order valence-corrected chi connectivity index (χ4v) is 5.26. The Morgan fingerprint density at radius 3 is 2.50 bits per heavy atom. The first-order chi connectivity index (χ1) is 17.5. The van der Waals surface area contributed by atoms with Crippen molar-refractivity contribution in [1.82, 2.24) is 9.66 Å². The van der Waals surface area contributed by atoms with Crippen LogP contribution < -0.4 is 10.3 Å². The van der Waals surface area contributed by atoms with Crippen molar-refractivity contribution in [3.05, 3.63) is 103 Å². The van der Waals surface area contributed by atoms with E-state index in [1.54, 1.807) is 24.4 Å². The first kappa shape index (κ1) is 24.8. The van der Waals surface area contributed by atoms with Crippen molar-refractivity contribution in [3.63, 3.8) is 0 Å². The summed E-state index contributed by atoms with van der Waals surface area (Å²) in [6.07, 6.45) is 7.08. The van der Waals surface area contributed by atoms with Crippen LogP contribution in [0.5, 0.6) is 5.75 Å². The van der Waals surface area contributed by atoms with E-state index in [2.05, 4.69) is 37.0 Å². The Balaban J connectivity index is 1.53. The molecule has 5 nitrogen and oxygen atoms in total. The predicted molar refractivity (Wildman–Crippen MR) is 147 cm³/mol. The van der Waals surface area contributed by atoms with Gasteiger partial charge in [-0.15, -0.1) is 0 Å². The van der Waals surface area contributed by atoms with E-state index < -0.39 is 0 Å². The molecule has 0 spiro atoms. The highest BCUT2D eigenvalue weighted by Gasteiger charge is 2.22. The summed E-state index contributed by atoms with van der Waals surface area (Å²) < 4.78 is 22.4.